The fourth-order valence-electron chi connectivity index (χ4n) is 4.71. The van der Waals surface area contributed by atoms with Gasteiger partial charge in [-0.15, -0.1) is 0 Å². The molecule has 9 nitrogen and oxygen atoms in total. The molecule has 4 rings (SSSR count). The molecule has 40 heavy (non-hydrogen) atoms. The molecule has 0 bridgehead atoms. The number of anilines is 1. The fourth-order valence-corrected chi connectivity index (χ4v) is 4.71. The summed E-state index contributed by atoms with van der Waals surface area (Å²) < 4.78 is 5.20. The van der Waals surface area contributed by atoms with E-state index in [4.69, 9.17) is 4.74 Å². The minimum atomic E-state index is -0.839. The topological polar surface area (TPSA) is 106 Å². The average molecular weight is 546 g/mol. The summed E-state index contributed by atoms with van der Waals surface area (Å²) in [5, 5.41) is 20.2. The van der Waals surface area contributed by atoms with Crippen LogP contribution in [0, 0.1) is 0 Å². The van der Waals surface area contributed by atoms with Crippen molar-refractivity contribution in [2.24, 2.45) is 0 Å². The van der Waals surface area contributed by atoms with Crippen LogP contribution >= 0.6 is 0 Å². The number of aliphatic hydroxyl groups is 1. The number of benzene rings is 3. The third-order valence-electron chi connectivity index (χ3n) is 7.04. The maximum atomic E-state index is 13.3. The minimum Gasteiger partial charge on any atom is -0.497 e. The average Bonchev–Trinajstić information content (AvgIpc) is 3.33. The van der Waals surface area contributed by atoms with Gasteiger partial charge in [0.2, 0.25) is 5.91 Å². The Balaban J connectivity index is 1.36. The summed E-state index contributed by atoms with van der Waals surface area (Å²) >= 11 is 0. The molecule has 1 aliphatic heterocycles. The second kappa shape index (κ2) is 13.8. The summed E-state index contributed by atoms with van der Waals surface area (Å²) in [6.07, 6.45) is -0.379. The van der Waals surface area contributed by atoms with Gasteiger partial charge < -0.3 is 35.6 Å². The first-order valence-electron chi connectivity index (χ1n) is 13.5. The van der Waals surface area contributed by atoms with Crippen molar-refractivity contribution in [1.29, 1.82) is 0 Å². The largest absolute Gasteiger partial charge is 0.497 e. The highest BCUT2D eigenvalue weighted by molar-refractivity contribution is 5.90. The molecule has 0 spiro atoms. The highest BCUT2D eigenvalue weighted by Crippen LogP contribution is 2.16. The van der Waals surface area contributed by atoms with E-state index in [9.17, 15) is 14.7 Å². The third kappa shape index (κ3) is 7.97. The molecule has 4 N–H and O–H groups in total. The molecule has 212 valence electrons. The lowest BCUT2D eigenvalue weighted by molar-refractivity contribution is -0.124. The summed E-state index contributed by atoms with van der Waals surface area (Å²) in [7, 11) is 5.60. The van der Waals surface area contributed by atoms with Gasteiger partial charge in [-0.2, -0.15) is 0 Å². The van der Waals surface area contributed by atoms with Gasteiger partial charge in [0.1, 0.15) is 11.8 Å². The Labute approximate surface area is 236 Å². The first kappa shape index (κ1) is 28.9. The summed E-state index contributed by atoms with van der Waals surface area (Å²) in [6, 6.07) is 23.9. The standard InChI is InChI=1S/C31H39N5O4/c1-35(2)25-11-7-10-24(16-25)18-32-19-29(37)27(17-22-8-5-4-6-9-22)33-30(38)28-21-36(31(39)34-28)20-23-12-14-26(40-3)15-13-23/h4-16,27-29,32,37H,17-21H2,1-3H3,(H,33,38)(H,34,39)/t27-,28-,29+/m0/s1. The Bertz CT molecular complexity index is 1250. The van der Waals surface area contributed by atoms with Gasteiger partial charge in [-0.05, 0) is 47.4 Å². The molecular weight excluding hydrogens is 506 g/mol. The number of nitrogens with zero attached hydrogens (tertiary/aromatic N) is 2. The van der Waals surface area contributed by atoms with Gasteiger partial charge in [-0.25, -0.2) is 4.79 Å². The predicted octanol–water partition coefficient (Wildman–Crippen LogP) is 2.53. The van der Waals surface area contributed by atoms with Crippen LogP contribution in [0.1, 0.15) is 16.7 Å². The Morgan fingerprint density at radius 3 is 2.48 bits per heavy atom. The summed E-state index contributed by atoms with van der Waals surface area (Å²) in [5.41, 5.74) is 4.15. The first-order chi connectivity index (χ1) is 19.3. The minimum absolute atomic E-state index is 0.241. The van der Waals surface area contributed by atoms with Gasteiger partial charge in [0.25, 0.3) is 0 Å². The van der Waals surface area contributed by atoms with Crippen molar-refractivity contribution in [2.45, 2.75) is 37.7 Å². The zero-order valence-corrected chi connectivity index (χ0v) is 23.3. The first-order valence-corrected chi connectivity index (χ1v) is 13.5. The molecule has 3 aromatic rings. The van der Waals surface area contributed by atoms with Gasteiger partial charge in [0.15, 0.2) is 0 Å². The van der Waals surface area contributed by atoms with E-state index >= 15 is 0 Å². The van der Waals surface area contributed by atoms with Crippen LogP contribution in [0.15, 0.2) is 78.9 Å². The number of hydrogen-bond acceptors (Lipinski definition) is 6. The molecule has 1 aliphatic rings. The number of urea groups is 1. The van der Waals surface area contributed by atoms with Gasteiger partial charge in [-0.1, -0.05) is 54.6 Å². The monoisotopic (exact) mass is 545 g/mol. The number of methoxy groups -OCH3 is 1. The fraction of sp³-hybridized carbons (Fsp3) is 0.355. The second-order valence-corrected chi connectivity index (χ2v) is 10.3. The third-order valence-corrected chi connectivity index (χ3v) is 7.04. The number of aliphatic hydroxyl groups excluding tert-OH is 1. The van der Waals surface area contributed by atoms with Crippen LogP contribution in [0.4, 0.5) is 10.5 Å². The molecule has 3 aromatic carbocycles. The Morgan fingerprint density at radius 1 is 1.05 bits per heavy atom. The van der Waals surface area contributed by atoms with Gasteiger partial charge in [0, 0.05) is 39.4 Å². The number of nitrogens with one attached hydrogen (secondary N) is 3. The maximum Gasteiger partial charge on any atom is 0.318 e. The highest BCUT2D eigenvalue weighted by Gasteiger charge is 2.35. The Kier molecular flexibility index (Phi) is 9.99. The molecule has 0 aromatic heterocycles. The van der Waals surface area contributed by atoms with E-state index in [1.807, 2.05) is 91.8 Å². The van der Waals surface area contributed by atoms with E-state index in [1.54, 1.807) is 12.0 Å². The van der Waals surface area contributed by atoms with E-state index in [2.05, 4.69) is 22.0 Å². The predicted molar refractivity (Wildman–Crippen MR) is 156 cm³/mol. The SMILES string of the molecule is COc1ccc(CN2C[C@@H](C(=O)N[C@@H](Cc3ccccc3)[C@H](O)CNCc3cccc(N(C)C)c3)NC2=O)cc1. The van der Waals surface area contributed by atoms with Crippen LogP contribution < -0.4 is 25.6 Å². The van der Waals surface area contributed by atoms with Crippen LogP contribution in [0.5, 0.6) is 5.75 Å². The van der Waals surface area contributed by atoms with Crippen molar-refractivity contribution in [3.05, 3.63) is 95.6 Å². The van der Waals surface area contributed by atoms with Crippen molar-refractivity contribution in [3.8, 4) is 5.75 Å². The molecule has 0 saturated carbocycles. The molecule has 1 fully saturated rings. The number of amides is 3. The maximum absolute atomic E-state index is 13.3. The summed E-state index contributed by atoms with van der Waals surface area (Å²) in [6.45, 7) is 1.51. The number of rotatable bonds is 13. The van der Waals surface area contributed by atoms with Gasteiger partial charge in [-0.3, -0.25) is 4.79 Å². The van der Waals surface area contributed by atoms with Crippen molar-refractivity contribution in [2.75, 3.05) is 39.2 Å². The molecule has 9 heteroatoms. The van der Waals surface area contributed by atoms with Crippen LogP contribution in [-0.2, 0) is 24.3 Å². The van der Waals surface area contributed by atoms with E-state index in [0.29, 0.717) is 26.1 Å². The smallest absolute Gasteiger partial charge is 0.318 e. The summed E-state index contributed by atoms with van der Waals surface area (Å²) in [4.78, 5) is 29.5. The number of carbonyl (C=O) groups is 2. The van der Waals surface area contributed by atoms with Crippen molar-refractivity contribution < 1.29 is 19.4 Å². The van der Waals surface area contributed by atoms with Crippen molar-refractivity contribution in [3.63, 3.8) is 0 Å². The molecule has 0 radical (unpaired) electrons. The second-order valence-electron chi connectivity index (χ2n) is 10.3. The number of carbonyl (C=O) groups excluding carboxylic acids is 2. The number of ether oxygens (including phenoxy) is 1. The van der Waals surface area contributed by atoms with E-state index < -0.39 is 18.2 Å². The van der Waals surface area contributed by atoms with Crippen LogP contribution in [0.25, 0.3) is 0 Å². The van der Waals surface area contributed by atoms with E-state index in [-0.39, 0.29) is 18.5 Å². The van der Waals surface area contributed by atoms with Crippen LogP contribution in [0.2, 0.25) is 0 Å². The van der Waals surface area contributed by atoms with Crippen LogP contribution in [-0.4, -0.2) is 74.4 Å². The Hall–Kier alpha value is -4.08. The molecule has 1 heterocycles. The van der Waals surface area contributed by atoms with E-state index in [0.717, 1.165) is 28.1 Å². The zero-order valence-electron chi connectivity index (χ0n) is 23.3. The lowest BCUT2D eigenvalue weighted by Gasteiger charge is -2.26. The molecule has 3 amide bonds. The number of hydrogen-bond donors (Lipinski definition) is 4. The summed E-state index contributed by atoms with van der Waals surface area (Å²) in [5.74, 6) is 0.427. The quantitative estimate of drug-likeness (QED) is 0.263. The lowest BCUT2D eigenvalue weighted by Crippen LogP contribution is -2.53. The molecule has 0 unspecified atom stereocenters. The molecular formula is C31H39N5O4. The lowest BCUT2D eigenvalue weighted by atomic mass is 10.0. The van der Waals surface area contributed by atoms with Crippen molar-refractivity contribution in [1.82, 2.24) is 20.9 Å². The van der Waals surface area contributed by atoms with Crippen LogP contribution in [0.3, 0.4) is 0 Å². The highest BCUT2D eigenvalue weighted by atomic mass is 16.5. The molecule has 0 aliphatic carbocycles. The van der Waals surface area contributed by atoms with Gasteiger partial charge >= 0.3 is 6.03 Å². The Morgan fingerprint density at radius 2 is 1.77 bits per heavy atom. The molecule has 1 saturated heterocycles. The normalized spacial score (nSPS) is 16.2. The van der Waals surface area contributed by atoms with Gasteiger partial charge in [0.05, 0.1) is 25.8 Å². The van der Waals surface area contributed by atoms with Crippen molar-refractivity contribution >= 4 is 17.6 Å². The zero-order chi connectivity index (χ0) is 28.5. The van der Waals surface area contributed by atoms with E-state index in [1.165, 1.54) is 0 Å². The molecule has 3 atom stereocenters.